The summed E-state index contributed by atoms with van der Waals surface area (Å²) in [5.41, 5.74) is 1.33. The largest absolute Gasteiger partial charge is 0.388 e. The summed E-state index contributed by atoms with van der Waals surface area (Å²) in [6, 6.07) is 10.5. The highest BCUT2D eigenvalue weighted by Crippen LogP contribution is 2.23. The van der Waals surface area contributed by atoms with Gasteiger partial charge in [0.1, 0.15) is 0 Å². The molecule has 1 heteroatoms. The van der Waals surface area contributed by atoms with E-state index in [9.17, 15) is 5.11 Å². The topological polar surface area (TPSA) is 20.2 Å². The van der Waals surface area contributed by atoms with Gasteiger partial charge < -0.3 is 5.11 Å². The van der Waals surface area contributed by atoms with Crippen LogP contribution in [0.4, 0.5) is 0 Å². The Morgan fingerprint density at radius 2 is 1.92 bits per heavy atom. The van der Waals surface area contributed by atoms with Gasteiger partial charge in [0.05, 0.1) is 12.0 Å². The van der Waals surface area contributed by atoms with Crippen LogP contribution in [-0.2, 0) is 6.42 Å². The van der Waals surface area contributed by atoms with Gasteiger partial charge >= 0.3 is 0 Å². The molecule has 0 saturated heterocycles. The lowest BCUT2D eigenvalue weighted by molar-refractivity contribution is 0.175. The summed E-state index contributed by atoms with van der Waals surface area (Å²) in [5.74, 6) is 7.51. The Kier molecular flexibility index (Phi) is 8.71. The summed E-state index contributed by atoms with van der Waals surface area (Å²) in [5, 5.41) is 10.6. The lowest BCUT2D eigenvalue weighted by Gasteiger charge is -2.18. The van der Waals surface area contributed by atoms with E-state index in [1.54, 1.807) is 0 Å². The highest BCUT2D eigenvalue weighted by Gasteiger charge is 2.16. The maximum atomic E-state index is 10.6. The van der Waals surface area contributed by atoms with Gasteiger partial charge in [-0.3, -0.25) is 0 Å². The molecule has 0 radical (unpaired) electrons. The van der Waals surface area contributed by atoms with Crippen LogP contribution < -0.4 is 0 Å². The average Bonchev–Trinajstić information content (AvgIpc) is 2.63. The molecular weight excluding hydrogens is 292 g/mol. The van der Waals surface area contributed by atoms with E-state index in [-0.39, 0.29) is 5.92 Å². The summed E-state index contributed by atoms with van der Waals surface area (Å²) in [6.45, 7) is 2.16. The zero-order valence-electron chi connectivity index (χ0n) is 15.1. The SMILES string of the molecule is CCC/C=C/C(O)C(C#CC1CCCCC1)CCc1ccccc1. The van der Waals surface area contributed by atoms with Gasteiger partial charge in [-0.2, -0.15) is 0 Å². The van der Waals surface area contributed by atoms with Gasteiger partial charge in [-0.25, -0.2) is 0 Å². The number of benzene rings is 1. The van der Waals surface area contributed by atoms with Crippen molar-refractivity contribution in [2.45, 2.75) is 70.8 Å². The summed E-state index contributed by atoms with van der Waals surface area (Å²) < 4.78 is 0. The van der Waals surface area contributed by atoms with Gasteiger partial charge in [0.2, 0.25) is 0 Å². The van der Waals surface area contributed by atoms with Crippen LogP contribution in [0, 0.1) is 23.7 Å². The predicted octanol–water partition coefficient (Wildman–Crippen LogP) is 5.54. The first-order valence-corrected chi connectivity index (χ1v) is 9.69. The second kappa shape index (κ2) is 11.1. The van der Waals surface area contributed by atoms with Crippen LogP contribution in [0.5, 0.6) is 0 Å². The molecule has 0 aliphatic heterocycles. The quantitative estimate of drug-likeness (QED) is 0.516. The molecule has 1 N–H and O–H groups in total. The molecule has 0 aromatic heterocycles. The lowest BCUT2D eigenvalue weighted by Crippen LogP contribution is -2.18. The van der Waals surface area contributed by atoms with E-state index in [1.165, 1.54) is 37.7 Å². The molecule has 0 amide bonds. The Morgan fingerprint density at radius 3 is 2.62 bits per heavy atom. The number of hydrogen-bond donors (Lipinski definition) is 1. The number of unbranched alkanes of at least 4 members (excludes halogenated alkanes) is 1. The molecule has 1 aromatic carbocycles. The monoisotopic (exact) mass is 324 g/mol. The highest BCUT2D eigenvalue weighted by atomic mass is 16.3. The first-order chi connectivity index (χ1) is 11.8. The van der Waals surface area contributed by atoms with Gasteiger partial charge in [0.15, 0.2) is 0 Å². The molecular formula is C23H32O. The molecule has 0 heterocycles. The number of aryl methyl sites for hydroxylation is 1. The maximum Gasteiger partial charge on any atom is 0.0858 e. The molecule has 2 atom stereocenters. The van der Waals surface area contributed by atoms with Gasteiger partial charge in [0, 0.05) is 5.92 Å². The molecule has 1 aromatic rings. The van der Waals surface area contributed by atoms with Crippen molar-refractivity contribution in [1.29, 1.82) is 0 Å². The molecule has 130 valence electrons. The first kappa shape index (κ1) is 18.8. The fourth-order valence-corrected chi connectivity index (χ4v) is 3.30. The third kappa shape index (κ3) is 6.93. The van der Waals surface area contributed by atoms with Crippen LogP contribution in [-0.4, -0.2) is 11.2 Å². The second-order valence-electron chi connectivity index (χ2n) is 6.96. The minimum atomic E-state index is -0.448. The Bertz CT molecular complexity index is 528. The molecule has 24 heavy (non-hydrogen) atoms. The standard InChI is InChI=1S/C23H32O/c1-2-3-6-15-23(24)22(18-16-20-11-7-4-8-12-20)19-17-21-13-9-5-10-14-21/h4,6-8,11-12,15,21-24H,2-3,5,9-10,13-14,16,18H2,1H3/b15-6+. The minimum Gasteiger partial charge on any atom is -0.388 e. The van der Waals surface area contributed by atoms with Crippen molar-refractivity contribution < 1.29 is 5.11 Å². The summed E-state index contributed by atoms with van der Waals surface area (Å²) in [6.07, 6.45) is 14.1. The van der Waals surface area contributed by atoms with Crippen LogP contribution in [0.2, 0.25) is 0 Å². The fourth-order valence-electron chi connectivity index (χ4n) is 3.30. The Balaban J connectivity index is 1.98. The van der Waals surface area contributed by atoms with Crippen LogP contribution in [0.15, 0.2) is 42.5 Å². The van der Waals surface area contributed by atoms with Crippen molar-refractivity contribution in [2.75, 3.05) is 0 Å². The van der Waals surface area contributed by atoms with Gasteiger partial charge in [0.25, 0.3) is 0 Å². The van der Waals surface area contributed by atoms with Crippen molar-refractivity contribution in [1.82, 2.24) is 0 Å². The molecule has 1 nitrogen and oxygen atoms in total. The third-order valence-corrected chi connectivity index (χ3v) is 4.87. The van der Waals surface area contributed by atoms with Crippen LogP contribution in [0.1, 0.15) is 63.9 Å². The van der Waals surface area contributed by atoms with Crippen molar-refractivity contribution in [3.63, 3.8) is 0 Å². The van der Waals surface area contributed by atoms with Crippen LogP contribution in [0.25, 0.3) is 0 Å². The normalized spacial score (nSPS) is 18.1. The van der Waals surface area contributed by atoms with Gasteiger partial charge in [-0.15, -0.1) is 0 Å². The van der Waals surface area contributed by atoms with Gasteiger partial charge in [-0.05, 0) is 37.7 Å². The smallest absolute Gasteiger partial charge is 0.0858 e. The number of rotatable bonds is 7. The van der Waals surface area contributed by atoms with E-state index in [0.717, 1.165) is 25.7 Å². The van der Waals surface area contributed by atoms with E-state index in [2.05, 4.69) is 49.1 Å². The van der Waals surface area contributed by atoms with Crippen molar-refractivity contribution in [3.05, 3.63) is 48.0 Å². The fraction of sp³-hybridized carbons (Fsp3) is 0.565. The third-order valence-electron chi connectivity index (χ3n) is 4.87. The molecule has 1 aliphatic carbocycles. The lowest BCUT2D eigenvalue weighted by atomic mass is 9.88. The molecule has 1 saturated carbocycles. The summed E-state index contributed by atoms with van der Waals surface area (Å²) >= 11 is 0. The average molecular weight is 325 g/mol. The molecule has 0 spiro atoms. The second-order valence-corrected chi connectivity index (χ2v) is 6.96. The Hall–Kier alpha value is -1.52. The van der Waals surface area contributed by atoms with Crippen molar-refractivity contribution >= 4 is 0 Å². The molecule has 1 aliphatic rings. The zero-order chi connectivity index (χ0) is 17.0. The van der Waals surface area contributed by atoms with E-state index in [0.29, 0.717) is 5.92 Å². The van der Waals surface area contributed by atoms with Crippen molar-refractivity contribution in [3.8, 4) is 11.8 Å². The van der Waals surface area contributed by atoms with Crippen molar-refractivity contribution in [2.24, 2.45) is 11.8 Å². The predicted molar refractivity (Wildman–Crippen MR) is 103 cm³/mol. The van der Waals surface area contributed by atoms with E-state index < -0.39 is 6.10 Å². The molecule has 1 fully saturated rings. The number of allylic oxidation sites excluding steroid dienone is 1. The summed E-state index contributed by atoms with van der Waals surface area (Å²) in [4.78, 5) is 0. The van der Waals surface area contributed by atoms with E-state index in [1.807, 2.05) is 12.1 Å². The molecule has 2 rings (SSSR count). The maximum absolute atomic E-state index is 10.6. The first-order valence-electron chi connectivity index (χ1n) is 9.69. The molecule has 2 unspecified atom stereocenters. The Labute approximate surface area is 148 Å². The number of aliphatic hydroxyl groups is 1. The highest BCUT2D eigenvalue weighted by molar-refractivity contribution is 5.17. The number of aliphatic hydroxyl groups excluding tert-OH is 1. The number of hydrogen-bond acceptors (Lipinski definition) is 1. The van der Waals surface area contributed by atoms with Crippen LogP contribution >= 0.6 is 0 Å². The molecule has 0 bridgehead atoms. The van der Waals surface area contributed by atoms with E-state index >= 15 is 0 Å². The zero-order valence-corrected chi connectivity index (χ0v) is 15.1. The van der Waals surface area contributed by atoms with E-state index in [4.69, 9.17) is 0 Å². The van der Waals surface area contributed by atoms with Gasteiger partial charge in [-0.1, -0.05) is 86.9 Å². The van der Waals surface area contributed by atoms with Crippen LogP contribution in [0.3, 0.4) is 0 Å². The Morgan fingerprint density at radius 1 is 1.17 bits per heavy atom. The minimum absolute atomic E-state index is 0.0419. The summed E-state index contributed by atoms with van der Waals surface area (Å²) in [7, 11) is 0.